The van der Waals surface area contributed by atoms with Crippen molar-refractivity contribution in [1.29, 1.82) is 0 Å². The van der Waals surface area contributed by atoms with Gasteiger partial charge in [-0.25, -0.2) is 0 Å². The molecular weight excluding hydrogens is 637 g/mol. The van der Waals surface area contributed by atoms with E-state index in [0.29, 0.717) is 12.8 Å². The summed E-state index contributed by atoms with van der Waals surface area (Å²) in [5.41, 5.74) is 0. The van der Waals surface area contributed by atoms with E-state index in [4.69, 9.17) is 0 Å². The van der Waals surface area contributed by atoms with E-state index >= 15 is 0 Å². The minimum atomic E-state index is -0.881. The molecule has 49 heavy (non-hydrogen) atoms. The molecule has 288 valence electrons. The van der Waals surface area contributed by atoms with Gasteiger partial charge in [0.05, 0.1) is 11.9 Å². The van der Waals surface area contributed by atoms with Crippen molar-refractivity contribution >= 4 is 49.7 Å². The van der Waals surface area contributed by atoms with Crippen LogP contribution in [0.3, 0.4) is 0 Å². The van der Waals surface area contributed by atoms with E-state index in [2.05, 4.69) is 51.3 Å². The molecule has 0 saturated carbocycles. The number of carbonyl (C=O) groups is 2. The molecule has 0 aliphatic rings. The molecule has 6 nitrogen and oxygen atoms in total. The first-order valence-electron chi connectivity index (χ1n) is 21.2. The summed E-state index contributed by atoms with van der Waals surface area (Å²) in [5, 5.41) is 23.1. The first-order chi connectivity index (χ1) is 23.3. The molecule has 0 aliphatic carbocycles. The maximum Gasteiger partial charge on any atom is 2.00 e. The Labute approximate surface area is 336 Å². The molecule has 7 heteroatoms. The van der Waals surface area contributed by atoms with Gasteiger partial charge in [0.1, 0.15) is 0 Å². The predicted molar refractivity (Wildman–Crippen MR) is 210 cm³/mol. The molecular formula is C42H84CaN2O4. The summed E-state index contributed by atoms with van der Waals surface area (Å²) >= 11 is 0. The Morgan fingerprint density at radius 1 is 0.367 bits per heavy atom. The van der Waals surface area contributed by atoms with Crippen LogP contribution in [0.2, 0.25) is 0 Å². The minimum absolute atomic E-state index is 0. The molecule has 0 spiro atoms. The van der Waals surface area contributed by atoms with Crippen molar-refractivity contribution < 1.29 is 19.8 Å². The van der Waals surface area contributed by atoms with Crippen LogP contribution in [0.1, 0.15) is 221 Å². The molecule has 2 unspecified atom stereocenters. The monoisotopic (exact) mass is 721 g/mol. The van der Waals surface area contributed by atoms with Gasteiger partial charge in [-0.15, -0.1) is 0 Å². The number of carboxylic acid groups (broad SMARTS) is 2. The first-order valence-corrected chi connectivity index (χ1v) is 21.2. The van der Waals surface area contributed by atoms with Gasteiger partial charge in [0, 0.05) is 12.1 Å². The molecule has 0 aromatic rings. The molecule has 0 N–H and O–H groups in total. The van der Waals surface area contributed by atoms with Crippen molar-refractivity contribution in [3.8, 4) is 0 Å². The molecule has 0 radical (unpaired) electrons. The smallest absolute Gasteiger partial charge is 0.548 e. The van der Waals surface area contributed by atoms with Gasteiger partial charge in [0.25, 0.3) is 0 Å². The molecule has 0 saturated heterocycles. The topological polar surface area (TPSA) is 86.7 Å². The van der Waals surface area contributed by atoms with Crippen molar-refractivity contribution in [2.75, 3.05) is 26.2 Å². The number of carboxylic acids is 2. The third kappa shape index (κ3) is 34.9. The Bertz CT molecular complexity index is 593. The van der Waals surface area contributed by atoms with Gasteiger partial charge in [-0.3, -0.25) is 9.80 Å². The Balaban J connectivity index is -0.000000846. The Kier molecular flexibility index (Phi) is 46.4. The Morgan fingerprint density at radius 3 is 0.755 bits per heavy atom. The summed E-state index contributed by atoms with van der Waals surface area (Å²) < 4.78 is 0. The maximum absolute atomic E-state index is 11.5. The predicted octanol–water partition coefficient (Wildman–Crippen LogP) is 9.48. The van der Waals surface area contributed by atoms with Crippen LogP contribution >= 0.6 is 0 Å². The van der Waals surface area contributed by atoms with Crippen LogP contribution in [0.4, 0.5) is 0 Å². The fraction of sp³-hybridized carbons (Fsp3) is 0.952. The van der Waals surface area contributed by atoms with Gasteiger partial charge < -0.3 is 19.8 Å². The van der Waals surface area contributed by atoms with Crippen LogP contribution in [0, 0.1) is 0 Å². The van der Waals surface area contributed by atoms with Gasteiger partial charge in [0.2, 0.25) is 0 Å². The van der Waals surface area contributed by atoms with E-state index in [-0.39, 0.29) is 49.8 Å². The second-order valence-electron chi connectivity index (χ2n) is 14.4. The van der Waals surface area contributed by atoms with Crippen LogP contribution in [-0.4, -0.2) is 97.7 Å². The van der Waals surface area contributed by atoms with Gasteiger partial charge in [-0.1, -0.05) is 183 Å². The van der Waals surface area contributed by atoms with Crippen LogP contribution < -0.4 is 10.2 Å². The summed E-state index contributed by atoms with van der Waals surface area (Å²) in [6.07, 6.45) is 33.3. The van der Waals surface area contributed by atoms with E-state index < -0.39 is 11.9 Å². The van der Waals surface area contributed by atoms with Gasteiger partial charge >= 0.3 is 37.7 Å². The quantitative estimate of drug-likeness (QED) is 0.0474. The van der Waals surface area contributed by atoms with Gasteiger partial charge in [-0.05, 0) is 64.7 Å². The summed E-state index contributed by atoms with van der Waals surface area (Å²) in [7, 11) is 0. The molecule has 0 rings (SSSR count). The fourth-order valence-electron chi connectivity index (χ4n) is 6.67. The number of carbonyl (C=O) groups excluding carboxylic acids is 2. The van der Waals surface area contributed by atoms with Crippen LogP contribution in [0.25, 0.3) is 0 Å². The average Bonchev–Trinajstić information content (AvgIpc) is 3.07. The molecule has 0 aliphatic heterocycles. The van der Waals surface area contributed by atoms with E-state index in [9.17, 15) is 19.8 Å². The number of nitrogens with zero attached hydrogens (tertiary/aromatic N) is 2. The van der Waals surface area contributed by atoms with Crippen molar-refractivity contribution in [1.82, 2.24) is 9.80 Å². The SMILES string of the molecule is CCCCCCCCN(CCCCCCCC)C(CCC)C(=O)[O-].CCCCCCCCN(CCCCCCCC)C(CCC)C(=O)[O-].[Ca+2]. The minimum Gasteiger partial charge on any atom is -0.548 e. The molecule has 0 aromatic carbocycles. The van der Waals surface area contributed by atoms with Crippen molar-refractivity contribution in [3.05, 3.63) is 0 Å². The van der Waals surface area contributed by atoms with Crippen LogP contribution in [0.15, 0.2) is 0 Å². The number of hydrogen-bond acceptors (Lipinski definition) is 6. The van der Waals surface area contributed by atoms with Crippen molar-refractivity contribution in [2.45, 2.75) is 233 Å². The van der Waals surface area contributed by atoms with Crippen LogP contribution in [0.5, 0.6) is 0 Å². The fourth-order valence-corrected chi connectivity index (χ4v) is 6.67. The number of aliphatic carboxylic acids is 2. The molecule has 0 heterocycles. The Hall–Kier alpha value is 0.120. The molecule has 0 bridgehead atoms. The molecule has 0 amide bonds. The molecule has 2 atom stereocenters. The zero-order valence-corrected chi connectivity index (χ0v) is 36.2. The standard InChI is InChI=1S/2C21H43NO2.Ca/c2*1-4-7-9-11-13-15-18-22(20(17-6-3)21(23)24)19-16-14-12-10-8-5-2;/h2*20H,4-19H2,1-3H3,(H,23,24);/q;;+2/p-2. The van der Waals surface area contributed by atoms with E-state index in [1.54, 1.807) is 0 Å². The molecule has 0 aromatic heterocycles. The normalized spacial score (nSPS) is 12.4. The third-order valence-electron chi connectivity index (χ3n) is 9.75. The zero-order chi connectivity index (χ0) is 36.1. The van der Waals surface area contributed by atoms with E-state index in [1.165, 1.54) is 128 Å². The van der Waals surface area contributed by atoms with Crippen LogP contribution in [-0.2, 0) is 9.59 Å². The van der Waals surface area contributed by atoms with E-state index in [1.807, 2.05) is 0 Å². The zero-order valence-electron chi connectivity index (χ0n) is 34.0. The van der Waals surface area contributed by atoms with Crippen molar-refractivity contribution in [3.63, 3.8) is 0 Å². The third-order valence-corrected chi connectivity index (χ3v) is 9.75. The maximum atomic E-state index is 11.5. The second-order valence-corrected chi connectivity index (χ2v) is 14.4. The summed E-state index contributed by atoms with van der Waals surface area (Å²) in [5.74, 6) is -1.76. The number of rotatable bonds is 36. The van der Waals surface area contributed by atoms with E-state index in [0.717, 1.165) is 64.7 Å². The Morgan fingerprint density at radius 2 is 0.571 bits per heavy atom. The second kappa shape index (κ2) is 42.5. The summed E-state index contributed by atoms with van der Waals surface area (Å²) in [4.78, 5) is 27.4. The average molecular weight is 721 g/mol. The summed E-state index contributed by atoms with van der Waals surface area (Å²) in [6, 6.07) is -0.775. The number of unbranched alkanes of at least 4 members (excludes halogenated alkanes) is 20. The summed E-state index contributed by atoms with van der Waals surface area (Å²) in [6.45, 7) is 16.7. The first kappa shape index (κ1) is 53.5. The molecule has 0 fully saturated rings. The number of hydrogen-bond donors (Lipinski definition) is 0. The van der Waals surface area contributed by atoms with Gasteiger partial charge in [-0.2, -0.15) is 0 Å². The largest absolute Gasteiger partial charge is 2.00 e. The van der Waals surface area contributed by atoms with Crippen molar-refractivity contribution in [2.24, 2.45) is 0 Å². The van der Waals surface area contributed by atoms with Gasteiger partial charge in [0.15, 0.2) is 0 Å².